The Bertz CT molecular complexity index is 878. The molecule has 0 unspecified atom stereocenters. The lowest BCUT2D eigenvalue weighted by Crippen LogP contribution is -2.45. The third-order valence-electron chi connectivity index (χ3n) is 4.96. The highest BCUT2D eigenvalue weighted by Gasteiger charge is 2.33. The van der Waals surface area contributed by atoms with Gasteiger partial charge in [-0.05, 0) is 44.6 Å². The second-order valence-electron chi connectivity index (χ2n) is 7.12. The first-order valence-electron chi connectivity index (χ1n) is 9.18. The van der Waals surface area contributed by atoms with Crippen LogP contribution in [0, 0.1) is 12.8 Å². The van der Waals surface area contributed by atoms with Gasteiger partial charge in [-0.1, -0.05) is 11.3 Å². The Labute approximate surface area is 161 Å². The fraction of sp³-hybridized carbons (Fsp3) is 0.500. The van der Waals surface area contributed by atoms with Crippen LogP contribution in [0.5, 0.6) is 0 Å². The van der Waals surface area contributed by atoms with Crippen LogP contribution in [0.25, 0.3) is 10.6 Å². The molecule has 142 valence electrons. The van der Waals surface area contributed by atoms with E-state index < -0.39 is 11.9 Å². The van der Waals surface area contributed by atoms with Crippen molar-refractivity contribution in [3.05, 3.63) is 23.8 Å². The summed E-state index contributed by atoms with van der Waals surface area (Å²) in [7, 11) is 0. The molecule has 3 heterocycles. The van der Waals surface area contributed by atoms with Crippen LogP contribution in [0.15, 0.2) is 12.3 Å². The van der Waals surface area contributed by atoms with E-state index in [1.807, 2.05) is 13.0 Å². The number of primary amides is 1. The number of likely N-dealkylation sites (tertiary alicyclic amines) is 1. The van der Waals surface area contributed by atoms with Gasteiger partial charge in [-0.25, -0.2) is 19.7 Å². The van der Waals surface area contributed by atoms with E-state index in [1.165, 1.54) is 29.1 Å². The Morgan fingerprint density at radius 3 is 2.89 bits per heavy atom. The molecule has 1 saturated heterocycles. The van der Waals surface area contributed by atoms with Gasteiger partial charge in [0.1, 0.15) is 11.9 Å². The van der Waals surface area contributed by atoms with Gasteiger partial charge in [0.25, 0.3) is 0 Å². The Morgan fingerprint density at radius 2 is 2.15 bits per heavy atom. The number of aromatic nitrogens is 3. The normalized spacial score (nSPS) is 19.3. The summed E-state index contributed by atoms with van der Waals surface area (Å²) in [5.41, 5.74) is 7.02. The van der Waals surface area contributed by atoms with Crippen LogP contribution in [-0.4, -0.2) is 44.4 Å². The molecule has 1 aliphatic heterocycles. The summed E-state index contributed by atoms with van der Waals surface area (Å²) >= 11 is 1.38. The number of rotatable bonds is 5. The van der Waals surface area contributed by atoms with Crippen LogP contribution < -0.4 is 11.1 Å². The van der Waals surface area contributed by atoms with E-state index in [2.05, 4.69) is 20.3 Å². The van der Waals surface area contributed by atoms with Gasteiger partial charge in [0.05, 0.1) is 16.3 Å². The molecule has 3 amide bonds. The highest BCUT2D eigenvalue weighted by molar-refractivity contribution is 7.19. The zero-order chi connectivity index (χ0) is 19.0. The Balaban J connectivity index is 1.50. The average Bonchev–Trinajstić information content (AvgIpc) is 3.17. The molecular weight excluding hydrogens is 364 g/mol. The molecule has 2 aromatic rings. The maximum absolute atomic E-state index is 12.5. The molecule has 0 radical (unpaired) electrons. The Kier molecular flexibility index (Phi) is 4.77. The van der Waals surface area contributed by atoms with E-state index in [9.17, 15) is 9.59 Å². The molecule has 4 rings (SSSR count). The van der Waals surface area contributed by atoms with E-state index in [1.54, 1.807) is 6.20 Å². The standard InChI is InChI=1S/C18H22N6O2S/c1-10-15(12-6-7-20-14(22-12)9-11-4-5-11)27-17(21-10)23-18(26)24-8-2-3-13(24)16(19)25/h6-7,11,13H,2-5,8-9H2,1H3,(H2,19,25)(H,21,23,26)/t13-/m0/s1. The molecule has 2 fully saturated rings. The molecule has 2 aromatic heterocycles. The van der Waals surface area contributed by atoms with Crippen molar-refractivity contribution in [2.24, 2.45) is 11.7 Å². The molecule has 3 N–H and O–H groups in total. The topological polar surface area (TPSA) is 114 Å². The minimum Gasteiger partial charge on any atom is -0.368 e. The van der Waals surface area contributed by atoms with E-state index in [0.717, 1.165) is 40.8 Å². The van der Waals surface area contributed by atoms with Gasteiger partial charge in [0.15, 0.2) is 5.13 Å². The second kappa shape index (κ2) is 7.22. The Morgan fingerprint density at radius 1 is 1.33 bits per heavy atom. The zero-order valence-electron chi connectivity index (χ0n) is 15.1. The van der Waals surface area contributed by atoms with E-state index in [4.69, 9.17) is 5.73 Å². The molecule has 0 aromatic carbocycles. The fourth-order valence-electron chi connectivity index (χ4n) is 3.36. The molecule has 1 atom stereocenters. The van der Waals surface area contributed by atoms with Gasteiger partial charge in [0.2, 0.25) is 5.91 Å². The molecule has 0 spiro atoms. The molecule has 1 saturated carbocycles. The average molecular weight is 386 g/mol. The first-order chi connectivity index (χ1) is 13.0. The maximum Gasteiger partial charge on any atom is 0.324 e. The van der Waals surface area contributed by atoms with Gasteiger partial charge in [0, 0.05) is 19.2 Å². The number of carbonyl (C=O) groups excluding carboxylic acids is 2. The summed E-state index contributed by atoms with van der Waals surface area (Å²) in [4.78, 5) is 39.9. The van der Waals surface area contributed by atoms with Crippen molar-refractivity contribution in [2.75, 3.05) is 11.9 Å². The number of amides is 3. The summed E-state index contributed by atoms with van der Waals surface area (Å²) in [5, 5.41) is 3.29. The third-order valence-corrected chi connectivity index (χ3v) is 6.05. The van der Waals surface area contributed by atoms with Crippen molar-refractivity contribution in [3.8, 4) is 10.6 Å². The predicted molar refractivity (Wildman–Crippen MR) is 102 cm³/mol. The predicted octanol–water partition coefficient (Wildman–Crippen LogP) is 2.34. The number of nitrogens with two attached hydrogens (primary N) is 1. The number of aryl methyl sites for hydroxylation is 1. The number of nitrogens with one attached hydrogen (secondary N) is 1. The lowest BCUT2D eigenvalue weighted by molar-refractivity contribution is -0.121. The molecular formula is C18H22N6O2S. The van der Waals surface area contributed by atoms with Crippen molar-refractivity contribution in [2.45, 2.75) is 45.1 Å². The molecule has 27 heavy (non-hydrogen) atoms. The first kappa shape index (κ1) is 17.8. The second-order valence-corrected chi connectivity index (χ2v) is 8.12. The van der Waals surface area contributed by atoms with Crippen LogP contribution >= 0.6 is 11.3 Å². The Hall–Kier alpha value is -2.55. The minimum atomic E-state index is -0.544. The monoisotopic (exact) mass is 386 g/mol. The number of anilines is 1. The number of hydrogen-bond acceptors (Lipinski definition) is 6. The number of urea groups is 1. The quantitative estimate of drug-likeness (QED) is 0.819. The van der Waals surface area contributed by atoms with Gasteiger partial charge >= 0.3 is 6.03 Å². The largest absolute Gasteiger partial charge is 0.368 e. The van der Waals surface area contributed by atoms with Crippen molar-refractivity contribution in [3.63, 3.8) is 0 Å². The summed E-state index contributed by atoms with van der Waals surface area (Å²) in [6.07, 6.45) is 6.58. The van der Waals surface area contributed by atoms with Crippen LogP contribution in [0.1, 0.15) is 37.2 Å². The summed E-state index contributed by atoms with van der Waals surface area (Å²) < 4.78 is 0. The summed E-state index contributed by atoms with van der Waals surface area (Å²) in [6, 6.07) is 0.984. The SMILES string of the molecule is Cc1nc(NC(=O)N2CCC[C@H]2C(N)=O)sc1-c1ccnc(CC2CC2)n1. The molecule has 8 nitrogen and oxygen atoms in total. The number of hydrogen-bond donors (Lipinski definition) is 2. The highest BCUT2D eigenvalue weighted by Crippen LogP contribution is 2.34. The van der Waals surface area contributed by atoms with Gasteiger partial charge < -0.3 is 10.6 Å². The molecule has 0 bridgehead atoms. The van der Waals surface area contributed by atoms with E-state index in [0.29, 0.717) is 18.1 Å². The first-order valence-corrected chi connectivity index (χ1v) is 9.99. The lowest BCUT2D eigenvalue weighted by Gasteiger charge is -2.21. The lowest BCUT2D eigenvalue weighted by atomic mass is 10.2. The molecule has 2 aliphatic rings. The number of nitrogens with zero attached hydrogens (tertiary/aromatic N) is 4. The van der Waals surface area contributed by atoms with E-state index >= 15 is 0 Å². The fourth-order valence-corrected chi connectivity index (χ4v) is 4.29. The van der Waals surface area contributed by atoms with Crippen molar-refractivity contribution in [1.82, 2.24) is 19.9 Å². The van der Waals surface area contributed by atoms with Crippen LogP contribution in [0.4, 0.5) is 9.93 Å². The van der Waals surface area contributed by atoms with Crippen LogP contribution in [-0.2, 0) is 11.2 Å². The van der Waals surface area contributed by atoms with Crippen LogP contribution in [0.2, 0.25) is 0 Å². The molecule has 9 heteroatoms. The minimum absolute atomic E-state index is 0.339. The van der Waals surface area contributed by atoms with Crippen molar-refractivity contribution < 1.29 is 9.59 Å². The van der Waals surface area contributed by atoms with Crippen LogP contribution in [0.3, 0.4) is 0 Å². The highest BCUT2D eigenvalue weighted by atomic mass is 32.1. The van der Waals surface area contributed by atoms with Crippen molar-refractivity contribution >= 4 is 28.4 Å². The summed E-state index contributed by atoms with van der Waals surface area (Å²) in [6.45, 7) is 2.42. The van der Waals surface area contributed by atoms with Gasteiger partial charge in [-0.15, -0.1) is 0 Å². The van der Waals surface area contributed by atoms with Crippen molar-refractivity contribution in [1.29, 1.82) is 0 Å². The smallest absolute Gasteiger partial charge is 0.324 e. The summed E-state index contributed by atoms with van der Waals surface area (Å²) in [5.74, 6) is 1.11. The molecule has 1 aliphatic carbocycles. The number of carbonyl (C=O) groups is 2. The van der Waals surface area contributed by atoms with E-state index in [-0.39, 0.29) is 6.03 Å². The van der Waals surface area contributed by atoms with Gasteiger partial charge in [-0.3, -0.25) is 10.1 Å². The zero-order valence-corrected chi connectivity index (χ0v) is 16.0. The number of thiazole rings is 1. The maximum atomic E-state index is 12.5. The third kappa shape index (κ3) is 3.92. The van der Waals surface area contributed by atoms with Gasteiger partial charge in [-0.2, -0.15) is 0 Å².